The van der Waals surface area contributed by atoms with Gasteiger partial charge in [-0.15, -0.1) is 0 Å². The summed E-state index contributed by atoms with van der Waals surface area (Å²) in [6.07, 6.45) is 6.46. The van der Waals surface area contributed by atoms with Crippen LogP contribution in [0.1, 0.15) is 10.4 Å². The number of amides is 1. The molecule has 0 saturated heterocycles. The molecular formula is C22H22N6O2. The van der Waals surface area contributed by atoms with Gasteiger partial charge in [0.2, 0.25) is 5.88 Å². The Morgan fingerprint density at radius 2 is 1.90 bits per heavy atom. The summed E-state index contributed by atoms with van der Waals surface area (Å²) in [6, 6.07) is 16.1. The molecule has 3 rings (SSSR count). The Balaban J connectivity index is 1.99. The Bertz CT molecular complexity index is 1050. The first kappa shape index (κ1) is 20.5. The zero-order valence-corrected chi connectivity index (χ0v) is 16.7. The number of hydrogen-bond donors (Lipinski definition) is 2. The number of amidine groups is 1. The number of rotatable bonds is 7. The lowest BCUT2D eigenvalue weighted by Gasteiger charge is -2.19. The van der Waals surface area contributed by atoms with Gasteiger partial charge in [0.05, 0.1) is 5.56 Å². The zero-order chi connectivity index (χ0) is 21.3. The molecule has 0 aliphatic carbocycles. The maximum atomic E-state index is 12.7. The Morgan fingerprint density at radius 1 is 1.17 bits per heavy atom. The van der Waals surface area contributed by atoms with E-state index in [0.717, 1.165) is 5.69 Å². The highest BCUT2D eigenvalue weighted by Gasteiger charge is 2.14. The molecule has 8 nitrogen and oxygen atoms in total. The molecule has 1 amide bonds. The number of carbonyl (C=O) groups excluding carboxylic acids is 1. The Kier molecular flexibility index (Phi) is 6.73. The van der Waals surface area contributed by atoms with E-state index < -0.39 is 5.91 Å². The van der Waals surface area contributed by atoms with Crippen molar-refractivity contribution in [2.24, 2.45) is 10.7 Å². The lowest BCUT2D eigenvalue weighted by atomic mass is 10.2. The van der Waals surface area contributed by atoms with Crippen molar-refractivity contribution in [3.63, 3.8) is 0 Å². The van der Waals surface area contributed by atoms with Crippen molar-refractivity contribution >= 4 is 23.2 Å². The molecule has 0 spiro atoms. The summed E-state index contributed by atoms with van der Waals surface area (Å²) in [4.78, 5) is 27.0. The van der Waals surface area contributed by atoms with Crippen molar-refractivity contribution in [3.05, 3.63) is 84.8 Å². The summed E-state index contributed by atoms with van der Waals surface area (Å²) in [6.45, 7) is 0. The van der Waals surface area contributed by atoms with E-state index in [1.54, 1.807) is 43.8 Å². The van der Waals surface area contributed by atoms with Crippen LogP contribution in [0, 0.1) is 0 Å². The highest BCUT2D eigenvalue weighted by Crippen LogP contribution is 2.27. The zero-order valence-electron chi connectivity index (χ0n) is 16.7. The summed E-state index contributed by atoms with van der Waals surface area (Å²) < 4.78 is 5.86. The molecule has 0 aliphatic heterocycles. The second kappa shape index (κ2) is 9.83. The maximum Gasteiger partial charge on any atom is 0.279 e. The fourth-order valence-electron chi connectivity index (χ4n) is 2.54. The van der Waals surface area contributed by atoms with Gasteiger partial charge in [0, 0.05) is 38.2 Å². The molecule has 0 radical (unpaired) electrons. The minimum absolute atomic E-state index is 0.0840. The van der Waals surface area contributed by atoms with Gasteiger partial charge in [-0.1, -0.05) is 18.2 Å². The summed E-state index contributed by atoms with van der Waals surface area (Å²) >= 11 is 0. The minimum atomic E-state index is -0.502. The number of carbonyl (C=O) groups is 1. The molecule has 8 heteroatoms. The van der Waals surface area contributed by atoms with Crippen molar-refractivity contribution in [1.29, 1.82) is 0 Å². The third-order valence-electron chi connectivity index (χ3n) is 4.05. The molecule has 2 aromatic heterocycles. The van der Waals surface area contributed by atoms with E-state index in [-0.39, 0.29) is 11.7 Å². The molecule has 0 unspecified atom stereocenters. The number of pyridine rings is 2. The number of hydrogen-bond acceptors (Lipinski definition) is 6. The summed E-state index contributed by atoms with van der Waals surface area (Å²) in [5, 5.41) is 2.80. The first-order valence-corrected chi connectivity index (χ1v) is 9.18. The number of nitrogens with one attached hydrogen (secondary N) is 1. The molecule has 0 fully saturated rings. The fourth-order valence-corrected chi connectivity index (χ4v) is 2.54. The normalized spacial score (nSPS) is 11.3. The lowest BCUT2D eigenvalue weighted by Crippen LogP contribution is -2.15. The topological polar surface area (TPSA) is 106 Å². The van der Waals surface area contributed by atoms with Crippen LogP contribution in [0.3, 0.4) is 0 Å². The van der Waals surface area contributed by atoms with E-state index in [4.69, 9.17) is 10.5 Å². The van der Waals surface area contributed by atoms with Gasteiger partial charge in [0.25, 0.3) is 5.91 Å². The van der Waals surface area contributed by atoms with E-state index in [1.807, 2.05) is 42.3 Å². The van der Waals surface area contributed by atoms with Gasteiger partial charge in [-0.3, -0.25) is 9.78 Å². The number of benzene rings is 1. The van der Waals surface area contributed by atoms with Gasteiger partial charge in [-0.25, -0.2) is 0 Å². The average Bonchev–Trinajstić information content (AvgIpc) is 2.78. The van der Waals surface area contributed by atoms with Crippen LogP contribution >= 0.6 is 0 Å². The molecule has 1 aromatic carbocycles. The van der Waals surface area contributed by atoms with Crippen LogP contribution in [-0.2, 0) is 0 Å². The Morgan fingerprint density at radius 3 is 2.60 bits per heavy atom. The van der Waals surface area contributed by atoms with Crippen LogP contribution in [0.25, 0.3) is 0 Å². The molecule has 152 valence electrons. The number of para-hydroxylation sites is 1. The van der Waals surface area contributed by atoms with Gasteiger partial charge >= 0.3 is 0 Å². The van der Waals surface area contributed by atoms with Crippen molar-refractivity contribution < 1.29 is 9.53 Å². The van der Waals surface area contributed by atoms with Crippen LogP contribution in [0.4, 0.5) is 11.5 Å². The van der Waals surface area contributed by atoms with Crippen molar-refractivity contribution in [2.45, 2.75) is 0 Å². The molecule has 0 aliphatic rings. The van der Waals surface area contributed by atoms with E-state index >= 15 is 0 Å². The van der Waals surface area contributed by atoms with Gasteiger partial charge in [0.1, 0.15) is 17.4 Å². The number of aliphatic imine (C=N–C) groups is 1. The van der Waals surface area contributed by atoms with Crippen LogP contribution in [0.15, 0.2) is 84.3 Å². The second-order valence-corrected chi connectivity index (χ2v) is 6.20. The molecule has 2 heterocycles. The second-order valence-electron chi connectivity index (χ2n) is 6.20. The van der Waals surface area contributed by atoms with Crippen molar-refractivity contribution in [2.75, 3.05) is 19.0 Å². The molecule has 0 saturated carbocycles. The third kappa shape index (κ3) is 5.41. The molecule has 30 heavy (non-hydrogen) atoms. The van der Waals surface area contributed by atoms with Gasteiger partial charge in [-0.2, -0.15) is 9.98 Å². The van der Waals surface area contributed by atoms with E-state index in [9.17, 15) is 4.79 Å². The van der Waals surface area contributed by atoms with Crippen molar-refractivity contribution in [3.8, 4) is 11.6 Å². The van der Waals surface area contributed by atoms with Gasteiger partial charge in [-0.05, 0) is 42.6 Å². The molecule has 0 atom stereocenters. The van der Waals surface area contributed by atoms with Crippen LogP contribution in [-0.4, -0.2) is 35.8 Å². The number of aromatic nitrogens is 2. The van der Waals surface area contributed by atoms with E-state index in [0.29, 0.717) is 17.1 Å². The van der Waals surface area contributed by atoms with Gasteiger partial charge < -0.3 is 20.7 Å². The maximum absolute atomic E-state index is 12.7. The number of ether oxygens (including phenoxy) is 1. The highest BCUT2D eigenvalue weighted by molar-refractivity contribution is 6.06. The van der Waals surface area contributed by atoms with Gasteiger partial charge in [0.15, 0.2) is 0 Å². The largest absolute Gasteiger partial charge is 0.439 e. The summed E-state index contributed by atoms with van der Waals surface area (Å²) in [5.74, 6) is 0.964. The quantitative estimate of drug-likeness (QED) is 0.461. The predicted octanol–water partition coefficient (Wildman–Crippen LogP) is 3.27. The molecule has 3 aromatic rings. The third-order valence-corrected chi connectivity index (χ3v) is 4.05. The van der Waals surface area contributed by atoms with Crippen molar-refractivity contribution in [1.82, 2.24) is 15.3 Å². The Labute approximate surface area is 174 Å². The summed E-state index contributed by atoms with van der Waals surface area (Å²) in [5.41, 5.74) is 6.94. The predicted molar refractivity (Wildman–Crippen MR) is 117 cm³/mol. The molecular weight excluding hydrogens is 380 g/mol. The minimum Gasteiger partial charge on any atom is -0.439 e. The lowest BCUT2D eigenvalue weighted by molar-refractivity contribution is 0.100. The monoisotopic (exact) mass is 402 g/mol. The summed E-state index contributed by atoms with van der Waals surface area (Å²) in [7, 11) is 3.56. The Hall–Kier alpha value is -4.20. The molecule has 3 N–H and O–H groups in total. The van der Waals surface area contributed by atoms with Crippen LogP contribution < -0.4 is 20.7 Å². The average molecular weight is 402 g/mol. The first-order chi connectivity index (χ1) is 14.6. The van der Waals surface area contributed by atoms with Crippen LogP contribution in [0.2, 0.25) is 0 Å². The fraction of sp³-hybridized carbons (Fsp3) is 0.0909. The standard InChI is InChI=1S/C22H22N6O2/c1-24-11-10-19(23)26-22(29)16-14-20(28(2)17-8-12-25-13-9-17)27-21(15-16)30-18-6-4-3-5-7-18/h3-15,24H,1-2H3,(H2,23,26,29)/b11-10-. The molecule has 0 bridgehead atoms. The van der Waals surface area contributed by atoms with E-state index in [1.165, 1.54) is 12.1 Å². The number of nitrogens with two attached hydrogens (primary N) is 1. The number of anilines is 2. The van der Waals surface area contributed by atoms with Crippen LogP contribution in [0.5, 0.6) is 11.6 Å². The van der Waals surface area contributed by atoms with E-state index in [2.05, 4.69) is 20.3 Å². The smallest absolute Gasteiger partial charge is 0.279 e. The highest BCUT2D eigenvalue weighted by atomic mass is 16.5. The number of nitrogens with zero attached hydrogens (tertiary/aromatic N) is 4. The first-order valence-electron chi connectivity index (χ1n) is 9.18. The SMILES string of the molecule is CN/C=C\C(N)=NC(=O)c1cc(Oc2ccccc2)nc(N(C)c2ccncc2)c1.